The van der Waals surface area contributed by atoms with Crippen molar-refractivity contribution in [2.75, 3.05) is 11.9 Å². The molecule has 40 heavy (non-hydrogen) atoms. The molecule has 2 N–H and O–H groups in total. The lowest BCUT2D eigenvalue weighted by molar-refractivity contribution is -0.139. The predicted octanol–water partition coefficient (Wildman–Crippen LogP) is 6.04. The fourth-order valence-corrected chi connectivity index (χ4v) is 6.77. The van der Waals surface area contributed by atoms with Crippen LogP contribution in [0.2, 0.25) is 18.1 Å². The Morgan fingerprint density at radius 1 is 1.23 bits per heavy atom. The number of hydrogen-bond donors (Lipinski definition) is 2. The zero-order valence-electron chi connectivity index (χ0n) is 24.6. The number of aromatic nitrogens is 5. The van der Waals surface area contributed by atoms with Gasteiger partial charge in [0.25, 0.3) is 0 Å². The third-order valence-electron chi connectivity index (χ3n) is 8.45. The van der Waals surface area contributed by atoms with Crippen molar-refractivity contribution in [1.82, 2.24) is 24.5 Å². The minimum absolute atomic E-state index is 0.0768. The summed E-state index contributed by atoms with van der Waals surface area (Å²) in [7, 11) is -1.84. The normalized spacial score (nSPS) is 23.5. The van der Waals surface area contributed by atoms with Crippen molar-refractivity contribution in [2.45, 2.75) is 109 Å². The van der Waals surface area contributed by atoms with Crippen molar-refractivity contribution in [2.24, 2.45) is 0 Å². The Kier molecular flexibility index (Phi) is 7.57. The first-order chi connectivity index (χ1) is 18.7. The van der Waals surface area contributed by atoms with Gasteiger partial charge in [0.2, 0.25) is 0 Å². The van der Waals surface area contributed by atoms with Crippen molar-refractivity contribution >= 4 is 31.1 Å². The first kappa shape index (κ1) is 28.7. The molecule has 11 nitrogen and oxygen atoms in total. The van der Waals surface area contributed by atoms with Crippen LogP contribution < -0.4 is 5.32 Å². The second-order valence-corrected chi connectivity index (χ2v) is 17.8. The van der Waals surface area contributed by atoms with E-state index in [1.165, 1.54) is 0 Å². The second kappa shape index (κ2) is 10.5. The maximum Gasteiger partial charge on any atom is 0.410 e. The molecule has 2 fully saturated rings. The number of hydrogen-bond acceptors (Lipinski definition) is 7. The van der Waals surface area contributed by atoms with Crippen molar-refractivity contribution in [3.63, 3.8) is 0 Å². The quantitative estimate of drug-likeness (QED) is 0.329. The SMILES string of the molecule is CC1(C)OC[C@@H](Cn2cc(-c3nn(C4CCC(O[Si](C)(C)C(C)(C)C)CC4)c4cc(NC(=O)O)ncc34)cn2)O1. The lowest BCUT2D eigenvalue weighted by atomic mass is 9.93. The van der Waals surface area contributed by atoms with E-state index in [1.807, 2.05) is 24.7 Å². The van der Waals surface area contributed by atoms with E-state index in [-0.39, 0.29) is 29.1 Å². The van der Waals surface area contributed by atoms with E-state index in [0.29, 0.717) is 13.2 Å². The predicted molar refractivity (Wildman–Crippen MR) is 155 cm³/mol. The fourth-order valence-electron chi connectivity index (χ4n) is 5.35. The second-order valence-electron chi connectivity index (χ2n) is 13.0. The molecule has 1 saturated heterocycles. The van der Waals surface area contributed by atoms with Crippen molar-refractivity contribution in [3.8, 4) is 11.3 Å². The van der Waals surface area contributed by atoms with Crippen LogP contribution in [0.1, 0.15) is 66.3 Å². The maximum absolute atomic E-state index is 11.3. The average molecular weight is 571 g/mol. The minimum atomic E-state index is -1.84. The van der Waals surface area contributed by atoms with E-state index in [9.17, 15) is 9.90 Å². The molecule has 0 radical (unpaired) electrons. The molecular formula is C28H42N6O5Si. The van der Waals surface area contributed by atoms with Gasteiger partial charge in [0.05, 0.1) is 30.9 Å². The highest BCUT2D eigenvalue weighted by Crippen LogP contribution is 2.41. The number of nitrogens with one attached hydrogen (secondary N) is 1. The number of fused-ring (bicyclic) bond motifs is 1. The van der Waals surface area contributed by atoms with Gasteiger partial charge in [-0.1, -0.05) is 20.8 Å². The van der Waals surface area contributed by atoms with Crippen LogP contribution in [0.4, 0.5) is 10.6 Å². The molecule has 1 aliphatic carbocycles. The number of ether oxygens (including phenoxy) is 2. The van der Waals surface area contributed by atoms with Crippen molar-refractivity contribution in [1.29, 1.82) is 0 Å². The summed E-state index contributed by atoms with van der Waals surface area (Å²) in [6.07, 6.45) is 8.31. The summed E-state index contributed by atoms with van der Waals surface area (Å²) in [6, 6.07) is 1.95. The molecule has 0 unspecified atom stereocenters. The van der Waals surface area contributed by atoms with Crippen LogP contribution in [-0.4, -0.2) is 68.7 Å². The summed E-state index contributed by atoms with van der Waals surface area (Å²) in [5, 5.41) is 22.3. The van der Waals surface area contributed by atoms with Gasteiger partial charge >= 0.3 is 6.09 Å². The van der Waals surface area contributed by atoms with Crippen LogP contribution in [0.15, 0.2) is 24.7 Å². The largest absolute Gasteiger partial charge is 0.465 e. The Bertz CT molecular complexity index is 1370. The number of nitrogens with zero attached hydrogens (tertiary/aromatic N) is 5. The number of pyridine rings is 1. The van der Waals surface area contributed by atoms with E-state index in [1.54, 1.807) is 18.5 Å². The molecule has 1 atom stereocenters. The van der Waals surface area contributed by atoms with Crippen LogP contribution in [0.25, 0.3) is 22.2 Å². The number of carbonyl (C=O) groups is 1. The topological polar surface area (TPSA) is 126 Å². The Labute approximate surface area is 236 Å². The molecule has 5 rings (SSSR count). The van der Waals surface area contributed by atoms with Gasteiger partial charge in [-0.15, -0.1) is 0 Å². The van der Waals surface area contributed by atoms with Gasteiger partial charge in [0, 0.05) is 35.5 Å². The molecule has 1 amide bonds. The van der Waals surface area contributed by atoms with E-state index >= 15 is 0 Å². The zero-order valence-corrected chi connectivity index (χ0v) is 25.6. The van der Waals surface area contributed by atoms with Gasteiger partial charge in [-0.3, -0.25) is 14.7 Å². The van der Waals surface area contributed by atoms with Gasteiger partial charge in [-0.25, -0.2) is 9.78 Å². The van der Waals surface area contributed by atoms with Gasteiger partial charge < -0.3 is 19.0 Å². The summed E-state index contributed by atoms with van der Waals surface area (Å²) in [6.45, 7) is 16.4. The maximum atomic E-state index is 11.3. The van der Waals surface area contributed by atoms with Crippen LogP contribution in [0, 0.1) is 0 Å². The monoisotopic (exact) mass is 570 g/mol. The number of amides is 1. The number of rotatable bonds is 7. The minimum Gasteiger partial charge on any atom is -0.465 e. The average Bonchev–Trinajstić information content (AvgIpc) is 3.55. The summed E-state index contributed by atoms with van der Waals surface area (Å²) in [5.74, 6) is -0.308. The van der Waals surface area contributed by atoms with Crippen molar-refractivity contribution < 1.29 is 23.8 Å². The highest BCUT2D eigenvalue weighted by molar-refractivity contribution is 6.74. The third-order valence-corrected chi connectivity index (χ3v) is 13.0. The smallest absolute Gasteiger partial charge is 0.410 e. The number of anilines is 1. The number of carboxylic acid groups (broad SMARTS) is 1. The van der Waals surface area contributed by atoms with Gasteiger partial charge in [-0.05, 0) is 57.7 Å². The highest BCUT2D eigenvalue weighted by Gasteiger charge is 2.40. The van der Waals surface area contributed by atoms with E-state index < -0.39 is 20.2 Å². The third kappa shape index (κ3) is 6.09. The Morgan fingerprint density at radius 2 is 1.95 bits per heavy atom. The molecule has 12 heteroatoms. The molecule has 0 bridgehead atoms. The van der Waals surface area contributed by atoms with E-state index in [0.717, 1.165) is 47.8 Å². The molecule has 2 aliphatic rings. The Morgan fingerprint density at radius 3 is 2.58 bits per heavy atom. The molecule has 218 valence electrons. The summed E-state index contributed by atoms with van der Waals surface area (Å²) < 4.78 is 22.3. The summed E-state index contributed by atoms with van der Waals surface area (Å²) >= 11 is 0. The molecule has 4 heterocycles. The molecule has 1 aliphatic heterocycles. The fraction of sp³-hybridized carbons (Fsp3) is 0.643. The van der Waals surface area contributed by atoms with Crippen molar-refractivity contribution in [3.05, 3.63) is 24.7 Å². The molecule has 3 aromatic heterocycles. The lowest BCUT2D eigenvalue weighted by Gasteiger charge is -2.41. The van der Waals surface area contributed by atoms with Gasteiger partial charge in [-0.2, -0.15) is 10.2 Å². The standard InChI is InChI=1S/C28H42N6O5Si/c1-27(2,3)40(6,7)39-20-10-8-19(9-11-20)34-23-12-24(31-26(35)36)29-14-22(23)25(32-34)18-13-30-33(15-18)16-21-17-37-28(4,5)38-21/h12-15,19-21H,8-11,16-17H2,1-7H3,(H,29,31)(H,35,36)/t19?,20?,21-/m1/s1. The molecule has 0 spiro atoms. The summed E-state index contributed by atoms with van der Waals surface area (Å²) in [5.41, 5.74) is 2.50. The van der Waals surface area contributed by atoms with E-state index in [4.69, 9.17) is 19.0 Å². The Hall–Kier alpha value is -2.80. The van der Waals surface area contributed by atoms with Gasteiger partial charge in [0.1, 0.15) is 17.6 Å². The van der Waals surface area contributed by atoms with Crippen LogP contribution >= 0.6 is 0 Å². The van der Waals surface area contributed by atoms with E-state index in [2.05, 4.69) is 53.9 Å². The highest BCUT2D eigenvalue weighted by atomic mass is 28.4. The Balaban J connectivity index is 1.39. The summed E-state index contributed by atoms with van der Waals surface area (Å²) in [4.78, 5) is 15.7. The first-order valence-electron chi connectivity index (χ1n) is 14.1. The first-order valence-corrected chi connectivity index (χ1v) is 17.0. The molecular weight excluding hydrogens is 528 g/mol. The molecule has 1 saturated carbocycles. The van der Waals surface area contributed by atoms with Crippen LogP contribution in [-0.2, 0) is 20.4 Å². The van der Waals surface area contributed by atoms with Crippen LogP contribution in [0.5, 0.6) is 0 Å². The molecule has 0 aromatic carbocycles. The van der Waals surface area contributed by atoms with Gasteiger partial charge in [0.15, 0.2) is 14.1 Å². The molecule has 3 aromatic rings. The zero-order chi connectivity index (χ0) is 28.9. The lowest BCUT2D eigenvalue weighted by Crippen LogP contribution is -2.44. The van der Waals surface area contributed by atoms with Crippen LogP contribution in [0.3, 0.4) is 0 Å².